The molecule has 0 N–H and O–H groups in total. The molecular formula is C17H20N4O2. The van der Waals surface area contributed by atoms with Crippen molar-refractivity contribution in [3.8, 4) is 0 Å². The van der Waals surface area contributed by atoms with E-state index in [1.54, 1.807) is 10.8 Å². The van der Waals surface area contributed by atoms with E-state index in [2.05, 4.69) is 15.0 Å². The van der Waals surface area contributed by atoms with Crippen LogP contribution in [0.3, 0.4) is 0 Å². The Kier molecular flexibility index (Phi) is 4.71. The van der Waals surface area contributed by atoms with Gasteiger partial charge < -0.3 is 9.64 Å². The molecule has 1 saturated heterocycles. The highest BCUT2D eigenvalue weighted by atomic mass is 16.5. The Morgan fingerprint density at radius 1 is 1.26 bits per heavy atom. The van der Waals surface area contributed by atoms with Gasteiger partial charge >= 0.3 is 5.97 Å². The van der Waals surface area contributed by atoms with Crippen LogP contribution in [0.25, 0.3) is 6.08 Å². The molecule has 2 aromatic rings. The van der Waals surface area contributed by atoms with Crippen LogP contribution in [-0.4, -0.2) is 33.8 Å². The van der Waals surface area contributed by atoms with Crippen LogP contribution in [0, 0.1) is 0 Å². The number of carbonyl (C=O) groups is 1. The molecule has 23 heavy (non-hydrogen) atoms. The first kappa shape index (κ1) is 15.3. The number of ether oxygens (including phenoxy) is 1. The molecule has 3 rings (SSSR count). The summed E-state index contributed by atoms with van der Waals surface area (Å²) in [5, 5.41) is 4.39. The smallest absolute Gasteiger partial charge is 0.331 e. The lowest BCUT2D eigenvalue weighted by Gasteiger charge is -2.10. The van der Waals surface area contributed by atoms with E-state index in [1.807, 2.05) is 37.4 Å². The molecule has 6 nitrogen and oxygen atoms in total. The van der Waals surface area contributed by atoms with Crippen molar-refractivity contribution >= 4 is 18.0 Å². The van der Waals surface area contributed by atoms with Gasteiger partial charge in [0, 0.05) is 26.2 Å². The second kappa shape index (κ2) is 7.09. The molecule has 2 heterocycles. The van der Waals surface area contributed by atoms with Crippen molar-refractivity contribution < 1.29 is 9.53 Å². The Morgan fingerprint density at radius 3 is 2.74 bits per heavy atom. The molecule has 0 spiro atoms. The molecule has 0 saturated carbocycles. The highest BCUT2D eigenvalue weighted by Gasteiger charge is 2.17. The Balaban J connectivity index is 1.57. The number of carbonyl (C=O) groups excluding carboxylic acids is 1. The molecule has 0 radical (unpaired) electrons. The predicted molar refractivity (Wildman–Crippen MR) is 87.7 cm³/mol. The number of esters is 1. The van der Waals surface area contributed by atoms with Gasteiger partial charge in [0.15, 0.2) is 5.82 Å². The second-order valence-electron chi connectivity index (χ2n) is 5.51. The van der Waals surface area contributed by atoms with E-state index < -0.39 is 0 Å². The molecule has 0 aliphatic carbocycles. The number of nitrogens with zero attached hydrogens (tertiary/aromatic N) is 4. The molecule has 0 unspecified atom stereocenters. The molecule has 0 atom stereocenters. The van der Waals surface area contributed by atoms with Crippen LogP contribution >= 0.6 is 0 Å². The van der Waals surface area contributed by atoms with E-state index in [9.17, 15) is 4.79 Å². The maximum atomic E-state index is 11.8. The van der Waals surface area contributed by atoms with Crippen molar-refractivity contribution in [2.75, 3.05) is 18.0 Å². The normalized spacial score (nSPS) is 14.6. The third-order valence-electron chi connectivity index (χ3n) is 3.77. The fourth-order valence-electron chi connectivity index (χ4n) is 2.50. The lowest BCUT2D eigenvalue weighted by Crippen LogP contribution is -2.19. The van der Waals surface area contributed by atoms with Crippen LogP contribution in [0.2, 0.25) is 0 Å². The minimum Gasteiger partial charge on any atom is -0.458 e. The Morgan fingerprint density at radius 2 is 2.00 bits per heavy atom. The summed E-state index contributed by atoms with van der Waals surface area (Å²) >= 11 is 0. The number of aromatic nitrogens is 3. The molecule has 120 valence electrons. The average Bonchev–Trinajstić information content (AvgIpc) is 3.21. The lowest BCUT2D eigenvalue weighted by atomic mass is 10.2. The number of aryl methyl sites for hydroxylation is 1. The van der Waals surface area contributed by atoms with Crippen LogP contribution in [0.15, 0.2) is 36.4 Å². The highest BCUT2D eigenvalue weighted by molar-refractivity contribution is 5.86. The first-order chi connectivity index (χ1) is 11.2. The third kappa shape index (κ3) is 3.97. The molecule has 6 heteroatoms. The first-order valence-corrected chi connectivity index (χ1v) is 7.77. The van der Waals surface area contributed by atoms with Gasteiger partial charge in [-0.3, -0.25) is 0 Å². The van der Waals surface area contributed by atoms with Gasteiger partial charge in [0.1, 0.15) is 6.61 Å². The number of hydrogen-bond donors (Lipinski definition) is 0. The highest BCUT2D eigenvalue weighted by Crippen LogP contribution is 2.16. The zero-order valence-corrected chi connectivity index (χ0v) is 13.2. The zero-order valence-electron chi connectivity index (χ0n) is 13.2. The topological polar surface area (TPSA) is 60.2 Å². The molecule has 1 aromatic heterocycles. The average molecular weight is 312 g/mol. The van der Waals surface area contributed by atoms with Crippen molar-refractivity contribution in [1.82, 2.24) is 14.8 Å². The molecule has 1 aromatic carbocycles. The van der Waals surface area contributed by atoms with Crippen LogP contribution in [-0.2, 0) is 23.2 Å². The monoisotopic (exact) mass is 312 g/mol. The van der Waals surface area contributed by atoms with E-state index >= 15 is 0 Å². The standard InChI is InChI=1S/C17H20N4O2/c1-20-15(18-17(19-20)21-11-5-6-12-21)9-10-16(22)23-13-14-7-3-2-4-8-14/h2-4,7-10H,5-6,11-13H2,1H3/b10-9+. The molecular weight excluding hydrogens is 292 g/mol. The summed E-state index contributed by atoms with van der Waals surface area (Å²) in [6.45, 7) is 2.25. The number of anilines is 1. The van der Waals surface area contributed by atoms with Gasteiger partial charge in [-0.05, 0) is 24.5 Å². The van der Waals surface area contributed by atoms with Gasteiger partial charge in [0.05, 0.1) is 0 Å². The van der Waals surface area contributed by atoms with Crippen LogP contribution in [0.1, 0.15) is 24.2 Å². The summed E-state index contributed by atoms with van der Waals surface area (Å²) in [5.74, 6) is 0.977. The van der Waals surface area contributed by atoms with E-state index in [0.29, 0.717) is 5.82 Å². The SMILES string of the molecule is Cn1nc(N2CCCC2)nc1/C=C/C(=O)OCc1ccccc1. The molecule has 1 aliphatic rings. The first-order valence-electron chi connectivity index (χ1n) is 7.77. The molecule has 0 bridgehead atoms. The van der Waals surface area contributed by atoms with Crippen LogP contribution < -0.4 is 4.90 Å². The summed E-state index contributed by atoms with van der Waals surface area (Å²) in [6.07, 6.45) is 5.38. The minimum atomic E-state index is -0.389. The van der Waals surface area contributed by atoms with Crippen molar-refractivity contribution in [2.24, 2.45) is 7.05 Å². The summed E-state index contributed by atoms with van der Waals surface area (Å²) in [5.41, 5.74) is 0.962. The fourth-order valence-corrected chi connectivity index (χ4v) is 2.50. The number of hydrogen-bond acceptors (Lipinski definition) is 5. The van der Waals surface area contributed by atoms with E-state index in [0.717, 1.165) is 24.6 Å². The van der Waals surface area contributed by atoms with E-state index in [1.165, 1.54) is 18.9 Å². The minimum absolute atomic E-state index is 0.266. The molecule has 1 aliphatic heterocycles. The van der Waals surface area contributed by atoms with Crippen molar-refractivity contribution in [3.63, 3.8) is 0 Å². The van der Waals surface area contributed by atoms with Crippen molar-refractivity contribution in [2.45, 2.75) is 19.4 Å². The maximum absolute atomic E-state index is 11.8. The van der Waals surface area contributed by atoms with E-state index in [-0.39, 0.29) is 12.6 Å². The molecule has 1 fully saturated rings. The summed E-state index contributed by atoms with van der Waals surface area (Å²) < 4.78 is 6.88. The van der Waals surface area contributed by atoms with Gasteiger partial charge in [0.2, 0.25) is 5.95 Å². The summed E-state index contributed by atoms with van der Waals surface area (Å²) in [7, 11) is 1.82. The lowest BCUT2D eigenvalue weighted by molar-refractivity contribution is -0.138. The van der Waals surface area contributed by atoms with Gasteiger partial charge in [-0.1, -0.05) is 30.3 Å². The predicted octanol–water partition coefficient (Wildman–Crippen LogP) is 2.17. The van der Waals surface area contributed by atoms with Crippen LogP contribution in [0.5, 0.6) is 0 Å². The quantitative estimate of drug-likeness (QED) is 0.625. The van der Waals surface area contributed by atoms with Crippen molar-refractivity contribution in [3.05, 3.63) is 47.8 Å². The van der Waals surface area contributed by atoms with Gasteiger partial charge in [-0.15, -0.1) is 5.10 Å². The number of benzene rings is 1. The van der Waals surface area contributed by atoms with Gasteiger partial charge in [-0.2, -0.15) is 4.98 Å². The third-order valence-corrected chi connectivity index (χ3v) is 3.77. The Labute approximate surface area is 135 Å². The Bertz CT molecular complexity index is 688. The van der Waals surface area contributed by atoms with Crippen LogP contribution in [0.4, 0.5) is 5.95 Å². The second-order valence-corrected chi connectivity index (χ2v) is 5.51. The zero-order chi connectivity index (χ0) is 16.1. The van der Waals surface area contributed by atoms with Gasteiger partial charge in [0.25, 0.3) is 0 Å². The molecule has 0 amide bonds. The maximum Gasteiger partial charge on any atom is 0.331 e. The number of rotatable bonds is 5. The van der Waals surface area contributed by atoms with Gasteiger partial charge in [-0.25, -0.2) is 9.48 Å². The van der Waals surface area contributed by atoms with Crippen molar-refractivity contribution in [1.29, 1.82) is 0 Å². The summed E-state index contributed by atoms with van der Waals surface area (Å²) in [4.78, 5) is 18.4. The van der Waals surface area contributed by atoms with E-state index in [4.69, 9.17) is 4.74 Å². The fraction of sp³-hybridized carbons (Fsp3) is 0.353. The summed E-state index contributed by atoms with van der Waals surface area (Å²) in [6, 6.07) is 9.60. The Hall–Kier alpha value is -2.63. The largest absolute Gasteiger partial charge is 0.458 e.